The molecule has 1 saturated carbocycles. The van der Waals surface area contributed by atoms with Gasteiger partial charge in [0.2, 0.25) is 5.91 Å². The Morgan fingerprint density at radius 2 is 2.05 bits per heavy atom. The van der Waals surface area contributed by atoms with Gasteiger partial charge in [0.25, 0.3) is 0 Å². The number of nitrogens with one attached hydrogen (secondary N) is 1. The van der Waals surface area contributed by atoms with E-state index in [4.69, 9.17) is 11.6 Å². The second-order valence-electron chi connectivity index (χ2n) is 5.22. The van der Waals surface area contributed by atoms with Crippen LogP contribution in [-0.2, 0) is 4.79 Å². The van der Waals surface area contributed by atoms with E-state index in [0.717, 1.165) is 22.5 Å². The maximum atomic E-state index is 11.9. The topological polar surface area (TPSA) is 29.1 Å². The lowest BCUT2D eigenvalue weighted by Gasteiger charge is -2.21. The number of benzene rings is 1. The third kappa shape index (κ3) is 4.81. The number of anilines is 1. The van der Waals surface area contributed by atoms with Gasteiger partial charge in [0.15, 0.2) is 0 Å². The Bertz CT molecular complexity index is 444. The lowest BCUT2D eigenvalue weighted by atomic mass is 9.86. The number of hydrogen-bond donors (Lipinski definition) is 1. The molecule has 0 heterocycles. The van der Waals surface area contributed by atoms with Crippen molar-refractivity contribution in [1.29, 1.82) is 0 Å². The van der Waals surface area contributed by atoms with E-state index in [1.807, 2.05) is 12.1 Å². The van der Waals surface area contributed by atoms with E-state index in [2.05, 4.69) is 21.2 Å². The summed E-state index contributed by atoms with van der Waals surface area (Å²) in [5.74, 6) is 0.844. The second-order valence-corrected chi connectivity index (χ2v) is 6.48. The van der Waals surface area contributed by atoms with E-state index in [-0.39, 0.29) is 5.91 Å². The fourth-order valence-electron chi connectivity index (χ4n) is 2.61. The summed E-state index contributed by atoms with van der Waals surface area (Å²) in [6.45, 7) is 0. The maximum Gasteiger partial charge on any atom is 0.224 e. The van der Waals surface area contributed by atoms with Crippen molar-refractivity contribution in [2.75, 3.05) is 5.32 Å². The molecule has 104 valence electrons. The molecule has 1 aromatic carbocycles. The molecular weight excluding hydrogens is 326 g/mol. The van der Waals surface area contributed by atoms with Crippen LogP contribution in [0, 0.1) is 5.92 Å². The minimum absolute atomic E-state index is 0.0970. The van der Waals surface area contributed by atoms with Crippen molar-refractivity contribution in [2.45, 2.75) is 44.9 Å². The highest BCUT2D eigenvalue weighted by molar-refractivity contribution is 9.10. The fourth-order valence-corrected chi connectivity index (χ4v) is 3.10. The minimum atomic E-state index is 0.0970. The average Bonchev–Trinajstić information content (AvgIpc) is 2.42. The molecular formula is C15H19BrClNO. The summed E-state index contributed by atoms with van der Waals surface area (Å²) in [5.41, 5.74) is 0.796. The van der Waals surface area contributed by atoms with Crippen molar-refractivity contribution >= 4 is 39.1 Å². The number of amides is 1. The third-order valence-corrected chi connectivity index (χ3v) is 4.92. The Balaban J connectivity index is 1.78. The molecule has 0 bridgehead atoms. The summed E-state index contributed by atoms with van der Waals surface area (Å²) in [6, 6.07) is 5.44. The Hall–Kier alpha value is -0.540. The first kappa shape index (κ1) is 14.9. The Labute approximate surface area is 128 Å². The minimum Gasteiger partial charge on any atom is -0.326 e. The van der Waals surface area contributed by atoms with Crippen molar-refractivity contribution in [3.8, 4) is 0 Å². The van der Waals surface area contributed by atoms with Gasteiger partial charge in [-0.1, -0.05) is 43.7 Å². The standard InChI is InChI=1S/C15H19BrClNO/c16-13-10-12(7-8-14(13)17)18-15(19)9-6-11-4-2-1-3-5-11/h7-8,10-11H,1-6,9H2,(H,18,19). The highest BCUT2D eigenvalue weighted by Gasteiger charge is 2.14. The van der Waals surface area contributed by atoms with Crippen molar-refractivity contribution in [2.24, 2.45) is 5.92 Å². The van der Waals surface area contributed by atoms with Crippen LogP contribution in [0.5, 0.6) is 0 Å². The van der Waals surface area contributed by atoms with E-state index < -0.39 is 0 Å². The van der Waals surface area contributed by atoms with Crippen LogP contribution in [0.15, 0.2) is 22.7 Å². The smallest absolute Gasteiger partial charge is 0.224 e. The molecule has 0 aromatic heterocycles. The molecule has 0 aliphatic heterocycles. The molecule has 19 heavy (non-hydrogen) atoms. The van der Waals surface area contributed by atoms with Gasteiger partial charge >= 0.3 is 0 Å². The molecule has 1 aliphatic rings. The van der Waals surface area contributed by atoms with E-state index in [1.165, 1.54) is 32.1 Å². The molecule has 1 N–H and O–H groups in total. The average molecular weight is 345 g/mol. The molecule has 0 radical (unpaired) electrons. The summed E-state index contributed by atoms with van der Waals surface area (Å²) in [6.07, 6.45) is 8.24. The van der Waals surface area contributed by atoms with Gasteiger partial charge in [0.1, 0.15) is 0 Å². The quantitative estimate of drug-likeness (QED) is 0.778. The maximum absolute atomic E-state index is 11.9. The zero-order chi connectivity index (χ0) is 13.7. The van der Waals surface area contributed by atoms with Crippen LogP contribution in [0.25, 0.3) is 0 Å². The van der Waals surface area contributed by atoms with Gasteiger partial charge < -0.3 is 5.32 Å². The summed E-state index contributed by atoms with van der Waals surface area (Å²) in [5, 5.41) is 3.57. The zero-order valence-corrected chi connectivity index (χ0v) is 13.3. The largest absolute Gasteiger partial charge is 0.326 e. The van der Waals surface area contributed by atoms with Crippen LogP contribution in [0.1, 0.15) is 44.9 Å². The molecule has 0 spiro atoms. The Kier molecular flexibility index (Phi) is 5.71. The molecule has 0 saturated heterocycles. The predicted molar refractivity (Wildman–Crippen MR) is 83.6 cm³/mol. The van der Waals surface area contributed by atoms with Gasteiger partial charge in [-0.2, -0.15) is 0 Å². The van der Waals surface area contributed by atoms with Crippen molar-refractivity contribution in [1.82, 2.24) is 0 Å². The molecule has 1 fully saturated rings. The van der Waals surface area contributed by atoms with E-state index >= 15 is 0 Å². The number of hydrogen-bond acceptors (Lipinski definition) is 1. The van der Waals surface area contributed by atoms with Crippen LogP contribution in [0.2, 0.25) is 5.02 Å². The molecule has 0 unspecified atom stereocenters. The fraction of sp³-hybridized carbons (Fsp3) is 0.533. The van der Waals surface area contributed by atoms with Crippen LogP contribution < -0.4 is 5.32 Å². The number of rotatable bonds is 4. The number of halogens is 2. The lowest BCUT2D eigenvalue weighted by Crippen LogP contribution is -2.14. The van der Waals surface area contributed by atoms with Crippen molar-refractivity contribution in [3.05, 3.63) is 27.7 Å². The zero-order valence-electron chi connectivity index (χ0n) is 10.9. The molecule has 1 aromatic rings. The van der Waals surface area contributed by atoms with Gasteiger partial charge in [-0.15, -0.1) is 0 Å². The first-order valence-electron chi connectivity index (χ1n) is 6.90. The SMILES string of the molecule is O=C(CCC1CCCCC1)Nc1ccc(Cl)c(Br)c1. The first-order valence-corrected chi connectivity index (χ1v) is 8.07. The third-order valence-electron chi connectivity index (χ3n) is 3.71. The summed E-state index contributed by atoms with van der Waals surface area (Å²) in [7, 11) is 0. The molecule has 0 atom stereocenters. The van der Waals surface area contributed by atoms with Crippen molar-refractivity contribution < 1.29 is 4.79 Å². The highest BCUT2D eigenvalue weighted by atomic mass is 79.9. The monoisotopic (exact) mass is 343 g/mol. The van der Waals surface area contributed by atoms with Gasteiger partial charge in [-0.3, -0.25) is 4.79 Å². The van der Waals surface area contributed by atoms with E-state index in [0.29, 0.717) is 11.4 Å². The molecule has 2 nitrogen and oxygen atoms in total. The van der Waals surface area contributed by atoms with Crippen LogP contribution in [0.3, 0.4) is 0 Å². The Morgan fingerprint density at radius 3 is 2.74 bits per heavy atom. The summed E-state index contributed by atoms with van der Waals surface area (Å²) >= 11 is 9.27. The summed E-state index contributed by atoms with van der Waals surface area (Å²) in [4.78, 5) is 11.9. The van der Waals surface area contributed by atoms with E-state index in [1.54, 1.807) is 6.07 Å². The Morgan fingerprint density at radius 1 is 1.32 bits per heavy atom. The highest BCUT2D eigenvalue weighted by Crippen LogP contribution is 2.28. The van der Waals surface area contributed by atoms with Crippen LogP contribution >= 0.6 is 27.5 Å². The first-order chi connectivity index (χ1) is 9.15. The second kappa shape index (κ2) is 7.30. The van der Waals surface area contributed by atoms with Crippen LogP contribution in [0.4, 0.5) is 5.69 Å². The molecule has 4 heteroatoms. The summed E-state index contributed by atoms with van der Waals surface area (Å²) < 4.78 is 0.805. The number of carbonyl (C=O) groups excluding carboxylic acids is 1. The van der Waals surface area contributed by atoms with Gasteiger partial charge in [0, 0.05) is 16.6 Å². The number of carbonyl (C=O) groups is 1. The van der Waals surface area contributed by atoms with Gasteiger partial charge in [0.05, 0.1) is 5.02 Å². The molecule has 1 amide bonds. The van der Waals surface area contributed by atoms with Crippen molar-refractivity contribution in [3.63, 3.8) is 0 Å². The lowest BCUT2D eigenvalue weighted by molar-refractivity contribution is -0.116. The normalized spacial score (nSPS) is 16.3. The predicted octanol–water partition coefficient (Wildman–Crippen LogP) is 5.40. The van der Waals surface area contributed by atoms with Crippen LogP contribution in [-0.4, -0.2) is 5.91 Å². The molecule has 1 aliphatic carbocycles. The van der Waals surface area contributed by atoms with Gasteiger partial charge in [-0.05, 0) is 46.5 Å². The molecule has 2 rings (SSSR count). The van der Waals surface area contributed by atoms with Gasteiger partial charge in [-0.25, -0.2) is 0 Å². The van der Waals surface area contributed by atoms with E-state index in [9.17, 15) is 4.79 Å².